The van der Waals surface area contributed by atoms with Gasteiger partial charge < -0.3 is 19.5 Å². The van der Waals surface area contributed by atoms with Gasteiger partial charge in [0.25, 0.3) is 0 Å². The number of aromatic nitrogens is 2. The maximum Gasteiger partial charge on any atom is 0.220 e. The molecule has 1 N–H and O–H groups in total. The van der Waals surface area contributed by atoms with Gasteiger partial charge in [-0.15, -0.1) is 24.0 Å². The van der Waals surface area contributed by atoms with Crippen LogP contribution in [0, 0.1) is 5.92 Å². The molecule has 0 atom stereocenters. The lowest BCUT2D eigenvalue weighted by Gasteiger charge is -2.35. The van der Waals surface area contributed by atoms with E-state index in [-0.39, 0.29) is 29.7 Å². The zero-order valence-electron chi connectivity index (χ0n) is 18.0. The smallest absolute Gasteiger partial charge is 0.220 e. The number of nitrogens with one attached hydrogen (secondary N) is 1. The van der Waals surface area contributed by atoms with Crippen LogP contribution in [-0.2, 0) is 22.3 Å². The van der Waals surface area contributed by atoms with E-state index in [0.29, 0.717) is 50.2 Å². The lowest BCUT2D eigenvalue weighted by Crippen LogP contribution is -2.53. The number of guanidine groups is 1. The number of ether oxygens (including phenoxy) is 1. The molecular formula is C20H29IN6O4S. The Labute approximate surface area is 205 Å². The molecule has 0 bridgehead atoms. The Balaban J connectivity index is 0.00000289. The maximum atomic E-state index is 12.6. The molecule has 0 unspecified atom stereocenters. The second-order valence-electron chi connectivity index (χ2n) is 7.79. The van der Waals surface area contributed by atoms with Gasteiger partial charge in [0, 0.05) is 58.1 Å². The molecule has 2 aliphatic rings. The highest BCUT2D eigenvalue weighted by atomic mass is 127. The predicted molar refractivity (Wildman–Crippen MR) is 130 cm³/mol. The second-order valence-corrected chi connectivity index (χ2v) is 9.76. The summed E-state index contributed by atoms with van der Waals surface area (Å²) in [5, 5.41) is 7.05. The lowest BCUT2D eigenvalue weighted by atomic mass is 10.2. The summed E-state index contributed by atoms with van der Waals surface area (Å²) < 4.78 is 37.2. The Bertz CT molecular complexity index is 989. The fourth-order valence-electron chi connectivity index (χ4n) is 3.41. The fraction of sp³-hybridized carbons (Fsp3) is 0.550. The zero-order chi connectivity index (χ0) is 21.7. The molecule has 1 saturated carbocycles. The van der Waals surface area contributed by atoms with Gasteiger partial charge in [-0.1, -0.05) is 5.16 Å². The van der Waals surface area contributed by atoms with Crippen LogP contribution in [0.25, 0.3) is 0 Å². The molecule has 1 aliphatic heterocycles. The molecule has 0 aromatic carbocycles. The number of piperazine rings is 1. The fourth-order valence-corrected chi connectivity index (χ4v) is 4.83. The summed E-state index contributed by atoms with van der Waals surface area (Å²) in [5.41, 5.74) is 1.47. The van der Waals surface area contributed by atoms with E-state index >= 15 is 0 Å². The summed E-state index contributed by atoms with van der Waals surface area (Å²) in [7, 11) is -1.70. The van der Waals surface area contributed by atoms with E-state index in [4.69, 9.17) is 9.26 Å². The molecular weight excluding hydrogens is 547 g/mol. The van der Waals surface area contributed by atoms with Crippen molar-refractivity contribution >= 4 is 40.0 Å². The largest absolute Gasteiger partial charge is 0.477 e. The van der Waals surface area contributed by atoms with Gasteiger partial charge >= 0.3 is 0 Å². The Morgan fingerprint density at radius 3 is 2.72 bits per heavy atom. The first-order valence-corrected chi connectivity index (χ1v) is 12.0. The molecule has 10 nitrogen and oxygen atoms in total. The number of aliphatic imine (C=N–C) groups is 1. The summed E-state index contributed by atoms with van der Waals surface area (Å²) in [4.78, 5) is 10.7. The van der Waals surface area contributed by atoms with Crippen LogP contribution >= 0.6 is 24.0 Å². The van der Waals surface area contributed by atoms with E-state index < -0.39 is 10.0 Å². The molecule has 176 valence electrons. The Morgan fingerprint density at radius 2 is 2.06 bits per heavy atom. The average molecular weight is 576 g/mol. The maximum absolute atomic E-state index is 12.6. The van der Waals surface area contributed by atoms with Gasteiger partial charge in [0.15, 0.2) is 5.96 Å². The number of sulfonamides is 1. The van der Waals surface area contributed by atoms with E-state index in [1.807, 2.05) is 12.1 Å². The van der Waals surface area contributed by atoms with Crippen LogP contribution in [0.2, 0.25) is 0 Å². The quantitative estimate of drug-likeness (QED) is 0.287. The van der Waals surface area contributed by atoms with Crippen molar-refractivity contribution < 1.29 is 17.7 Å². The number of rotatable bonds is 8. The average Bonchev–Trinajstić information content (AvgIpc) is 3.48. The Hall–Kier alpha value is -1.93. The molecule has 2 aromatic rings. The molecule has 0 radical (unpaired) electrons. The van der Waals surface area contributed by atoms with Crippen molar-refractivity contribution in [3.63, 3.8) is 0 Å². The molecule has 2 fully saturated rings. The number of halogens is 1. The second kappa shape index (κ2) is 11.3. The van der Waals surface area contributed by atoms with Crippen molar-refractivity contribution in [3.05, 3.63) is 41.9 Å². The molecule has 0 spiro atoms. The van der Waals surface area contributed by atoms with Crippen LogP contribution < -0.4 is 10.1 Å². The third kappa shape index (κ3) is 6.78. The van der Waals surface area contributed by atoms with Gasteiger partial charge in [-0.2, -0.15) is 4.31 Å². The molecule has 0 amide bonds. The number of pyridine rings is 1. The monoisotopic (exact) mass is 576 g/mol. The van der Waals surface area contributed by atoms with Crippen molar-refractivity contribution in [1.29, 1.82) is 0 Å². The predicted octanol–water partition coefficient (Wildman–Crippen LogP) is 1.70. The summed E-state index contributed by atoms with van der Waals surface area (Å²) in [6.07, 6.45) is 5.61. The highest BCUT2D eigenvalue weighted by molar-refractivity contribution is 14.0. The SMILES string of the molecule is CN=C(NCc1ccnc(OCC2CC2)c1)N1CCN(S(=O)(=O)Cc2ccon2)CC1.I. The molecule has 32 heavy (non-hydrogen) atoms. The van der Waals surface area contributed by atoms with E-state index in [1.165, 1.54) is 23.4 Å². The normalized spacial score (nSPS) is 17.7. The van der Waals surface area contributed by atoms with Gasteiger partial charge in [0.1, 0.15) is 12.0 Å². The number of nitrogens with zero attached hydrogens (tertiary/aromatic N) is 5. The topological polar surface area (TPSA) is 113 Å². The highest BCUT2D eigenvalue weighted by Crippen LogP contribution is 2.29. The minimum Gasteiger partial charge on any atom is -0.477 e. The van der Waals surface area contributed by atoms with E-state index in [0.717, 1.165) is 18.1 Å². The van der Waals surface area contributed by atoms with E-state index in [1.54, 1.807) is 19.3 Å². The minimum atomic E-state index is -3.43. The van der Waals surface area contributed by atoms with Crippen molar-refractivity contribution in [1.82, 2.24) is 24.7 Å². The molecule has 1 aliphatic carbocycles. The molecule has 4 rings (SSSR count). The van der Waals surface area contributed by atoms with Crippen molar-refractivity contribution in [2.45, 2.75) is 25.1 Å². The minimum absolute atomic E-state index is 0. The van der Waals surface area contributed by atoms with Crippen LogP contribution in [0.5, 0.6) is 5.88 Å². The van der Waals surface area contributed by atoms with Gasteiger partial charge in [0.05, 0.1) is 12.3 Å². The van der Waals surface area contributed by atoms with Crippen LogP contribution in [0.4, 0.5) is 0 Å². The van der Waals surface area contributed by atoms with Gasteiger partial charge in [-0.05, 0) is 30.4 Å². The third-order valence-electron chi connectivity index (χ3n) is 5.38. The van der Waals surface area contributed by atoms with E-state index in [2.05, 4.69) is 25.3 Å². The Morgan fingerprint density at radius 1 is 1.28 bits per heavy atom. The van der Waals surface area contributed by atoms with Crippen LogP contribution in [0.1, 0.15) is 24.1 Å². The summed E-state index contributed by atoms with van der Waals surface area (Å²) >= 11 is 0. The zero-order valence-corrected chi connectivity index (χ0v) is 21.2. The van der Waals surface area contributed by atoms with Crippen LogP contribution in [-0.4, -0.2) is 73.6 Å². The van der Waals surface area contributed by atoms with Crippen molar-refractivity contribution in [2.24, 2.45) is 10.9 Å². The van der Waals surface area contributed by atoms with Gasteiger partial charge in [0.2, 0.25) is 15.9 Å². The Kier molecular flexibility index (Phi) is 8.71. The first kappa shape index (κ1) is 24.7. The number of hydrogen-bond acceptors (Lipinski definition) is 7. The van der Waals surface area contributed by atoms with Crippen molar-refractivity contribution in [2.75, 3.05) is 39.8 Å². The first-order valence-electron chi connectivity index (χ1n) is 10.4. The van der Waals surface area contributed by atoms with Crippen LogP contribution in [0.15, 0.2) is 40.2 Å². The molecule has 1 saturated heterocycles. The lowest BCUT2D eigenvalue weighted by molar-refractivity contribution is 0.259. The summed E-state index contributed by atoms with van der Waals surface area (Å²) in [5.74, 6) is 1.92. The first-order chi connectivity index (χ1) is 15.0. The standard InChI is InChI=1S/C20H28N6O4S.HI/c1-21-20(23-13-17-4-6-22-19(12-17)29-14-16-2-3-16)25-7-9-26(10-8-25)31(27,28)15-18-5-11-30-24-18;/h4-6,11-12,16H,2-3,7-10,13-15H2,1H3,(H,21,23);1H. The summed E-state index contributed by atoms with van der Waals surface area (Å²) in [6.45, 7) is 3.23. The van der Waals surface area contributed by atoms with Gasteiger partial charge in [-0.25, -0.2) is 13.4 Å². The summed E-state index contributed by atoms with van der Waals surface area (Å²) in [6, 6.07) is 5.46. The molecule has 3 heterocycles. The van der Waals surface area contributed by atoms with Crippen molar-refractivity contribution in [3.8, 4) is 5.88 Å². The molecule has 12 heteroatoms. The van der Waals surface area contributed by atoms with Gasteiger partial charge in [-0.3, -0.25) is 4.99 Å². The van der Waals surface area contributed by atoms with E-state index in [9.17, 15) is 8.42 Å². The third-order valence-corrected chi connectivity index (χ3v) is 7.19. The molecule has 2 aromatic heterocycles. The van der Waals surface area contributed by atoms with Crippen LogP contribution in [0.3, 0.4) is 0 Å². The highest BCUT2D eigenvalue weighted by Gasteiger charge is 2.29. The number of hydrogen-bond donors (Lipinski definition) is 1.